The summed E-state index contributed by atoms with van der Waals surface area (Å²) in [6.07, 6.45) is 25.0. The van der Waals surface area contributed by atoms with Crippen molar-refractivity contribution >= 4 is 7.82 Å². The Bertz CT molecular complexity index is 599. The molecule has 2 unspecified atom stereocenters. The van der Waals surface area contributed by atoms with Gasteiger partial charge in [0.25, 0.3) is 7.82 Å². The summed E-state index contributed by atoms with van der Waals surface area (Å²) in [5.41, 5.74) is 0. The number of nitrogens with zero attached hydrogens (tertiary/aromatic N) is 1. The summed E-state index contributed by atoms with van der Waals surface area (Å²) >= 11 is 0. The van der Waals surface area contributed by atoms with Gasteiger partial charge in [0.1, 0.15) is 6.10 Å². The van der Waals surface area contributed by atoms with Crippen LogP contribution in [0.25, 0.3) is 0 Å². The fourth-order valence-electron chi connectivity index (χ4n) is 4.93. The molecule has 0 spiro atoms. The first-order valence-electron chi connectivity index (χ1n) is 17.2. The van der Waals surface area contributed by atoms with Crippen LogP contribution in [0.1, 0.15) is 149 Å². The normalized spacial score (nSPS) is 14.5. The molecule has 1 N–H and O–H groups in total. The minimum absolute atomic E-state index is 0.0762. The van der Waals surface area contributed by atoms with Gasteiger partial charge in [0.05, 0.1) is 47.5 Å². The Kier molecular flexibility index (Phi) is 27.5. The third kappa shape index (κ3) is 34.4. The van der Waals surface area contributed by atoms with E-state index in [0.717, 1.165) is 36.1 Å². The second-order valence-corrected chi connectivity index (χ2v) is 15.0. The molecule has 0 amide bonds. The second-order valence-electron chi connectivity index (χ2n) is 13.6. The average Bonchev–Trinajstić information content (AvgIpc) is 2.89. The molecule has 0 aliphatic rings. The fourth-order valence-corrected chi connectivity index (χ4v) is 5.71. The molecule has 0 aromatic carbocycles. The molecule has 0 aliphatic heterocycles. The van der Waals surface area contributed by atoms with Crippen molar-refractivity contribution in [3.8, 4) is 0 Å². The molecule has 0 aliphatic carbocycles. The Morgan fingerprint density at radius 2 is 1.02 bits per heavy atom. The van der Waals surface area contributed by atoms with Crippen LogP contribution < -0.4 is 4.89 Å². The topological polar surface area (TPSA) is 88.0 Å². The van der Waals surface area contributed by atoms with Gasteiger partial charge in [-0.25, -0.2) is 0 Å². The molecule has 41 heavy (non-hydrogen) atoms. The van der Waals surface area contributed by atoms with Crippen molar-refractivity contribution in [1.82, 2.24) is 0 Å². The number of rotatable bonds is 32. The minimum atomic E-state index is -4.38. The van der Waals surface area contributed by atoms with Crippen LogP contribution in [0.2, 0.25) is 0 Å². The van der Waals surface area contributed by atoms with Gasteiger partial charge in [0.2, 0.25) is 0 Å². The van der Waals surface area contributed by atoms with Crippen molar-refractivity contribution in [3.05, 3.63) is 0 Å². The molecule has 0 fully saturated rings. The van der Waals surface area contributed by atoms with Crippen LogP contribution in [0, 0.1) is 5.92 Å². The first-order valence-corrected chi connectivity index (χ1v) is 18.6. The van der Waals surface area contributed by atoms with Crippen LogP contribution in [-0.2, 0) is 18.3 Å². The van der Waals surface area contributed by atoms with E-state index in [1.165, 1.54) is 109 Å². The van der Waals surface area contributed by atoms with E-state index in [9.17, 15) is 14.6 Å². The Morgan fingerprint density at radius 1 is 0.610 bits per heavy atom. The Balaban J connectivity index is 3.42. The Hall–Kier alpha value is -0.0100. The zero-order chi connectivity index (χ0) is 30.7. The minimum Gasteiger partial charge on any atom is -0.756 e. The predicted octanol–water partition coefficient (Wildman–Crippen LogP) is 8.42. The summed E-state index contributed by atoms with van der Waals surface area (Å²) < 4.78 is 28.2. The van der Waals surface area contributed by atoms with Crippen molar-refractivity contribution < 1.29 is 32.8 Å². The summed E-state index contributed by atoms with van der Waals surface area (Å²) in [6, 6.07) is 0. The maximum atomic E-state index is 11.9. The van der Waals surface area contributed by atoms with Crippen molar-refractivity contribution in [1.29, 1.82) is 0 Å². The van der Waals surface area contributed by atoms with Gasteiger partial charge in [0, 0.05) is 6.61 Å². The number of quaternary nitrogens is 1. The van der Waals surface area contributed by atoms with Gasteiger partial charge < -0.3 is 28.3 Å². The van der Waals surface area contributed by atoms with E-state index in [1.807, 2.05) is 0 Å². The van der Waals surface area contributed by atoms with E-state index in [2.05, 4.69) is 35.0 Å². The molecule has 0 saturated carbocycles. The van der Waals surface area contributed by atoms with Crippen LogP contribution in [0.3, 0.4) is 0 Å². The Labute approximate surface area is 255 Å². The number of hydrogen-bond acceptors (Lipinski definition) is 6. The summed E-state index contributed by atoms with van der Waals surface area (Å²) in [5.74, 6) is 0.845. The van der Waals surface area contributed by atoms with Crippen LogP contribution in [0.5, 0.6) is 0 Å². The molecule has 8 heteroatoms. The van der Waals surface area contributed by atoms with Crippen LogP contribution >= 0.6 is 7.82 Å². The summed E-state index contributed by atoms with van der Waals surface area (Å²) in [5, 5.41) is 9.96. The molecule has 0 bridgehead atoms. The molecule has 0 heterocycles. The standard InChI is InChI=1S/C33H70NO6P/c1-32(2)26-22-18-14-10-8-6-7-9-12-16-20-24-28-38-30-33(35)31-40-41(36,37)39-29-25-21-17-13-11-15-19-23-27-34(3,4)5/h32-33,35H,6-31H2,1-5H3. The molecule has 248 valence electrons. The number of phosphoric acid groups is 1. The number of aliphatic hydroxyl groups is 1. The third-order valence-electron chi connectivity index (χ3n) is 7.53. The highest BCUT2D eigenvalue weighted by molar-refractivity contribution is 7.45. The quantitative estimate of drug-likeness (QED) is 0.0469. The second kappa shape index (κ2) is 27.5. The van der Waals surface area contributed by atoms with E-state index in [0.29, 0.717) is 13.0 Å². The number of aliphatic hydroxyl groups excluding tert-OH is 1. The van der Waals surface area contributed by atoms with Crippen LogP contribution in [0.15, 0.2) is 0 Å². The third-order valence-corrected chi connectivity index (χ3v) is 8.49. The molecule has 0 saturated heterocycles. The highest BCUT2D eigenvalue weighted by atomic mass is 31.2. The molecular weight excluding hydrogens is 537 g/mol. The van der Waals surface area contributed by atoms with Crippen molar-refractivity contribution in [2.75, 3.05) is 54.1 Å². The van der Waals surface area contributed by atoms with Gasteiger partial charge in [-0.05, 0) is 31.6 Å². The number of ether oxygens (including phenoxy) is 1. The zero-order valence-electron chi connectivity index (χ0n) is 27.9. The molecule has 0 aromatic rings. The van der Waals surface area contributed by atoms with Crippen molar-refractivity contribution in [3.63, 3.8) is 0 Å². The number of unbranched alkanes of at least 4 members (excludes halogenated alkanes) is 18. The molecular formula is C33H70NO6P. The molecule has 7 nitrogen and oxygen atoms in total. The van der Waals surface area contributed by atoms with Gasteiger partial charge in [-0.2, -0.15) is 0 Å². The van der Waals surface area contributed by atoms with Gasteiger partial charge >= 0.3 is 0 Å². The summed E-state index contributed by atoms with van der Waals surface area (Å²) in [6.45, 7) is 6.30. The lowest BCUT2D eigenvalue weighted by molar-refractivity contribution is -0.870. The molecule has 0 rings (SSSR count). The highest BCUT2D eigenvalue weighted by Gasteiger charge is 2.13. The van der Waals surface area contributed by atoms with E-state index in [-0.39, 0.29) is 19.8 Å². The maximum Gasteiger partial charge on any atom is 0.267 e. The van der Waals surface area contributed by atoms with Crippen LogP contribution in [-0.4, -0.2) is 69.8 Å². The van der Waals surface area contributed by atoms with Gasteiger partial charge in [-0.1, -0.05) is 123 Å². The summed E-state index contributed by atoms with van der Waals surface area (Å²) in [7, 11) is 2.31. The monoisotopic (exact) mass is 607 g/mol. The molecule has 0 aromatic heterocycles. The SMILES string of the molecule is CC(C)CCCCCCCCCCCCCCOCC(O)COP(=O)([O-])OCCCCCCCCCC[N+](C)(C)C. The van der Waals surface area contributed by atoms with Crippen molar-refractivity contribution in [2.24, 2.45) is 5.92 Å². The van der Waals surface area contributed by atoms with E-state index >= 15 is 0 Å². The summed E-state index contributed by atoms with van der Waals surface area (Å²) in [4.78, 5) is 11.9. The molecule has 0 radical (unpaired) electrons. The van der Waals surface area contributed by atoms with Crippen molar-refractivity contribution in [2.45, 2.75) is 155 Å². The van der Waals surface area contributed by atoms with E-state index in [4.69, 9.17) is 13.8 Å². The zero-order valence-corrected chi connectivity index (χ0v) is 28.8. The van der Waals surface area contributed by atoms with Gasteiger partial charge in [-0.3, -0.25) is 4.57 Å². The van der Waals surface area contributed by atoms with Gasteiger partial charge in [0.15, 0.2) is 0 Å². The average molecular weight is 608 g/mol. The predicted molar refractivity (Wildman–Crippen MR) is 171 cm³/mol. The number of hydrogen-bond donors (Lipinski definition) is 1. The van der Waals surface area contributed by atoms with Crippen LogP contribution in [0.4, 0.5) is 0 Å². The molecule has 2 atom stereocenters. The first-order chi connectivity index (χ1) is 19.5. The lowest BCUT2D eigenvalue weighted by Crippen LogP contribution is -2.35. The smallest absolute Gasteiger partial charge is 0.267 e. The number of phosphoric ester groups is 1. The van der Waals surface area contributed by atoms with Gasteiger partial charge in [-0.15, -0.1) is 0 Å². The lowest BCUT2D eigenvalue weighted by Gasteiger charge is -2.24. The lowest BCUT2D eigenvalue weighted by atomic mass is 10.0. The first kappa shape index (κ1) is 41.0. The Morgan fingerprint density at radius 3 is 1.49 bits per heavy atom. The fraction of sp³-hybridized carbons (Fsp3) is 1.00. The highest BCUT2D eigenvalue weighted by Crippen LogP contribution is 2.38. The largest absolute Gasteiger partial charge is 0.756 e. The van der Waals surface area contributed by atoms with E-state index in [1.54, 1.807) is 0 Å². The van der Waals surface area contributed by atoms with E-state index < -0.39 is 13.9 Å². The maximum absolute atomic E-state index is 11.9.